The summed E-state index contributed by atoms with van der Waals surface area (Å²) in [5.41, 5.74) is 2.00. The average Bonchev–Trinajstić information content (AvgIpc) is 2.95. The molecule has 0 atom stereocenters. The van der Waals surface area contributed by atoms with Gasteiger partial charge in [-0.1, -0.05) is 12.1 Å². The minimum Gasteiger partial charge on any atom is -0.408 e. The molecule has 1 aliphatic rings. The Morgan fingerprint density at radius 2 is 1.96 bits per heavy atom. The van der Waals surface area contributed by atoms with Gasteiger partial charge >= 0.3 is 12.1 Å². The van der Waals surface area contributed by atoms with Gasteiger partial charge in [0.15, 0.2) is 5.58 Å². The van der Waals surface area contributed by atoms with Gasteiger partial charge in [-0.15, -0.1) is 13.2 Å². The number of oxazole rings is 1. The van der Waals surface area contributed by atoms with Crippen LogP contribution in [0.15, 0.2) is 51.7 Å². The third kappa shape index (κ3) is 3.47. The standard InChI is InChI=1S/C19H15F3N2O4/c20-19(21,22)28-13-7-8-14-12(10-13)4-3-9-23(14)17(25)11-24-15-5-1-2-6-16(15)27-18(24)26/h1-2,5-8,10H,3-4,9,11H2. The van der Waals surface area contributed by atoms with Crippen molar-refractivity contribution in [2.24, 2.45) is 0 Å². The van der Waals surface area contributed by atoms with Gasteiger partial charge in [0.05, 0.1) is 5.52 Å². The molecule has 1 aliphatic heterocycles. The Bertz CT molecular complexity index is 1100. The molecule has 0 saturated heterocycles. The van der Waals surface area contributed by atoms with Gasteiger partial charge in [-0.25, -0.2) is 4.79 Å². The van der Waals surface area contributed by atoms with Crippen molar-refractivity contribution in [1.82, 2.24) is 4.57 Å². The number of ether oxygens (including phenoxy) is 1. The SMILES string of the molecule is O=C(Cn1c(=O)oc2ccccc21)N1CCCc2cc(OC(F)(F)F)ccc21. The summed E-state index contributed by atoms with van der Waals surface area (Å²) in [5.74, 6) is -1.31. The molecule has 0 spiro atoms. The smallest absolute Gasteiger partial charge is 0.408 e. The highest BCUT2D eigenvalue weighted by atomic mass is 19.4. The Morgan fingerprint density at radius 1 is 1.18 bits per heavy atom. The van der Waals surface area contributed by atoms with E-state index in [1.54, 1.807) is 24.3 Å². The van der Waals surface area contributed by atoms with Crippen LogP contribution in [0.2, 0.25) is 0 Å². The third-order valence-electron chi connectivity index (χ3n) is 4.57. The molecule has 0 saturated carbocycles. The summed E-state index contributed by atoms with van der Waals surface area (Å²) < 4.78 is 47.6. The molecule has 1 aromatic heterocycles. The molecule has 0 N–H and O–H groups in total. The predicted molar refractivity (Wildman–Crippen MR) is 94.3 cm³/mol. The van der Waals surface area contributed by atoms with Crippen LogP contribution in [0.25, 0.3) is 11.1 Å². The molecule has 0 unspecified atom stereocenters. The van der Waals surface area contributed by atoms with Crippen LogP contribution in [0, 0.1) is 0 Å². The van der Waals surface area contributed by atoms with E-state index < -0.39 is 12.1 Å². The average molecular weight is 392 g/mol. The fourth-order valence-corrected chi connectivity index (χ4v) is 3.41. The summed E-state index contributed by atoms with van der Waals surface area (Å²) in [6.45, 7) is 0.186. The van der Waals surface area contributed by atoms with E-state index in [-0.39, 0.29) is 18.2 Å². The minimum absolute atomic E-state index is 0.226. The number of amides is 1. The molecule has 3 aromatic rings. The number of hydrogen-bond acceptors (Lipinski definition) is 4. The predicted octanol–water partition coefficient (Wildman–Crippen LogP) is 3.47. The van der Waals surface area contributed by atoms with Crippen molar-refractivity contribution in [2.75, 3.05) is 11.4 Å². The summed E-state index contributed by atoms with van der Waals surface area (Å²) in [7, 11) is 0. The Hall–Kier alpha value is -3.23. The second kappa shape index (κ2) is 6.74. The maximum Gasteiger partial charge on any atom is 0.573 e. The fourth-order valence-electron chi connectivity index (χ4n) is 3.41. The third-order valence-corrected chi connectivity index (χ3v) is 4.57. The first kappa shape index (κ1) is 18.1. The second-order valence-corrected chi connectivity index (χ2v) is 6.41. The zero-order chi connectivity index (χ0) is 19.9. The molecule has 2 aromatic carbocycles. The molecule has 4 rings (SSSR count). The molecular weight excluding hydrogens is 377 g/mol. The molecule has 6 nitrogen and oxygen atoms in total. The van der Waals surface area contributed by atoms with Crippen LogP contribution in [-0.2, 0) is 17.8 Å². The van der Waals surface area contributed by atoms with Gasteiger partial charge in [-0.05, 0) is 48.7 Å². The number of aryl methyl sites for hydroxylation is 1. The van der Waals surface area contributed by atoms with Crippen molar-refractivity contribution in [3.63, 3.8) is 0 Å². The van der Waals surface area contributed by atoms with E-state index in [0.29, 0.717) is 41.7 Å². The van der Waals surface area contributed by atoms with Crippen LogP contribution in [0.4, 0.5) is 18.9 Å². The maximum absolute atomic E-state index is 12.9. The molecule has 28 heavy (non-hydrogen) atoms. The molecular formula is C19H15F3N2O4. The quantitative estimate of drug-likeness (QED) is 0.685. The topological polar surface area (TPSA) is 64.7 Å². The lowest BCUT2D eigenvalue weighted by molar-refractivity contribution is -0.274. The zero-order valence-corrected chi connectivity index (χ0v) is 14.5. The lowest BCUT2D eigenvalue weighted by Gasteiger charge is -2.30. The highest BCUT2D eigenvalue weighted by Crippen LogP contribution is 2.33. The normalized spacial score (nSPS) is 14.2. The molecule has 0 radical (unpaired) electrons. The lowest BCUT2D eigenvalue weighted by atomic mass is 10.0. The number of benzene rings is 2. The van der Waals surface area contributed by atoms with Crippen LogP contribution in [-0.4, -0.2) is 23.4 Å². The summed E-state index contributed by atoms with van der Waals surface area (Å²) in [5, 5.41) is 0. The van der Waals surface area contributed by atoms with Gasteiger partial charge in [0.1, 0.15) is 12.3 Å². The van der Waals surface area contributed by atoms with Gasteiger partial charge < -0.3 is 14.1 Å². The van der Waals surface area contributed by atoms with Gasteiger partial charge in [0, 0.05) is 12.2 Å². The van der Waals surface area contributed by atoms with Crippen LogP contribution < -0.4 is 15.4 Å². The van der Waals surface area contributed by atoms with Gasteiger partial charge in [-0.2, -0.15) is 0 Å². The second-order valence-electron chi connectivity index (χ2n) is 6.41. The van der Waals surface area contributed by atoms with E-state index in [0.717, 1.165) is 0 Å². The Kier molecular flexibility index (Phi) is 4.37. The monoisotopic (exact) mass is 392 g/mol. The van der Waals surface area contributed by atoms with Gasteiger partial charge in [0.2, 0.25) is 5.91 Å². The molecule has 1 amide bonds. The Labute approximate surface area is 156 Å². The number of halogens is 3. The lowest BCUT2D eigenvalue weighted by Crippen LogP contribution is -2.39. The number of carbonyl (C=O) groups excluding carboxylic acids is 1. The number of carbonyl (C=O) groups is 1. The number of hydrogen-bond donors (Lipinski definition) is 0. The minimum atomic E-state index is -4.78. The molecule has 146 valence electrons. The molecule has 0 bridgehead atoms. The summed E-state index contributed by atoms with van der Waals surface area (Å²) in [6.07, 6.45) is -3.65. The van der Waals surface area contributed by atoms with E-state index in [4.69, 9.17) is 4.42 Å². The molecule has 2 heterocycles. The van der Waals surface area contributed by atoms with Crippen molar-refractivity contribution in [2.45, 2.75) is 25.7 Å². The fraction of sp³-hybridized carbons (Fsp3) is 0.263. The van der Waals surface area contributed by atoms with Gasteiger partial charge in [-0.3, -0.25) is 9.36 Å². The first-order chi connectivity index (χ1) is 13.3. The summed E-state index contributed by atoms with van der Waals surface area (Å²) in [4.78, 5) is 26.4. The van der Waals surface area contributed by atoms with E-state index >= 15 is 0 Å². The molecule has 0 fully saturated rings. The number of fused-ring (bicyclic) bond motifs is 2. The van der Waals surface area contributed by atoms with E-state index in [1.165, 1.54) is 27.7 Å². The van der Waals surface area contributed by atoms with Crippen molar-refractivity contribution in [1.29, 1.82) is 0 Å². The van der Waals surface area contributed by atoms with Crippen molar-refractivity contribution < 1.29 is 27.1 Å². The number of rotatable bonds is 3. The number of nitrogens with zero attached hydrogens (tertiary/aromatic N) is 2. The summed E-state index contributed by atoms with van der Waals surface area (Å²) >= 11 is 0. The highest BCUT2D eigenvalue weighted by Gasteiger charge is 2.32. The number of para-hydroxylation sites is 2. The van der Waals surface area contributed by atoms with E-state index in [9.17, 15) is 22.8 Å². The van der Waals surface area contributed by atoms with E-state index in [1.807, 2.05) is 0 Å². The highest BCUT2D eigenvalue weighted by molar-refractivity contribution is 5.95. The Balaban J connectivity index is 1.61. The zero-order valence-electron chi connectivity index (χ0n) is 14.5. The van der Waals surface area contributed by atoms with Crippen molar-refractivity contribution in [3.8, 4) is 5.75 Å². The number of aromatic nitrogens is 1. The van der Waals surface area contributed by atoms with Crippen molar-refractivity contribution in [3.05, 3.63) is 58.6 Å². The molecule has 9 heteroatoms. The number of anilines is 1. The van der Waals surface area contributed by atoms with Gasteiger partial charge in [0.25, 0.3) is 0 Å². The first-order valence-electron chi connectivity index (χ1n) is 8.59. The summed E-state index contributed by atoms with van der Waals surface area (Å²) in [6, 6.07) is 10.7. The van der Waals surface area contributed by atoms with Crippen LogP contribution in [0.3, 0.4) is 0 Å². The molecule has 0 aliphatic carbocycles. The number of alkyl halides is 3. The van der Waals surface area contributed by atoms with Crippen LogP contribution in [0.5, 0.6) is 5.75 Å². The van der Waals surface area contributed by atoms with Crippen LogP contribution >= 0.6 is 0 Å². The Morgan fingerprint density at radius 3 is 2.75 bits per heavy atom. The first-order valence-corrected chi connectivity index (χ1v) is 8.59. The maximum atomic E-state index is 12.9. The van der Waals surface area contributed by atoms with Crippen molar-refractivity contribution >= 4 is 22.7 Å². The largest absolute Gasteiger partial charge is 0.573 e. The van der Waals surface area contributed by atoms with E-state index in [2.05, 4.69) is 4.74 Å². The van der Waals surface area contributed by atoms with Crippen LogP contribution in [0.1, 0.15) is 12.0 Å².